The normalized spacial score (nSPS) is 10.0. The number of nitro groups is 1. The second-order valence-electron chi connectivity index (χ2n) is 2.87. The van der Waals surface area contributed by atoms with Crippen molar-refractivity contribution in [3.8, 4) is 5.75 Å². The van der Waals surface area contributed by atoms with E-state index in [1.807, 2.05) is 0 Å². The van der Waals surface area contributed by atoms with E-state index in [2.05, 4.69) is 15.9 Å². The molecule has 0 spiro atoms. The van der Waals surface area contributed by atoms with Gasteiger partial charge in [-0.3, -0.25) is 0 Å². The number of halogens is 1. The van der Waals surface area contributed by atoms with Crippen LogP contribution in [-0.4, -0.2) is 33.7 Å². The SMILES string of the molecule is O=[N+]([O-])c1cc(OCCCBr)ccc1[AsH2]. The van der Waals surface area contributed by atoms with E-state index in [1.165, 1.54) is 22.9 Å². The molecular weight excluding hydrogens is 325 g/mol. The summed E-state index contributed by atoms with van der Waals surface area (Å²) in [7, 11) is 0. The van der Waals surface area contributed by atoms with Gasteiger partial charge in [-0.15, -0.1) is 0 Å². The molecule has 1 rings (SSSR count). The standard InChI is InChI=1S/C9H11AsBrNO3/c10-8-3-2-7(15-5-1-4-11)6-9(8)12(13)14/h2-3,6H,1,4-5,10H2. The molecule has 4 nitrogen and oxygen atoms in total. The Bertz CT molecular complexity index is 359. The van der Waals surface area contributed by atoms with Gasteiger partial charge in [0.2, 0.25) is 0 Å². The Balaban J connectivity index is 2.74. The van der Waals surface area contributed by atoms with Crippen LogP contribution in [0, 0.1) is 10.1 Å². The van der Waals surface area contributed by atoms with Crippen LogP contribution in [0.4, 0.5) is 5.69 Å². The van der Waals surface area contributed by atoms with E-state index >= 15 is 0 Å². The molecule has 0 radical (unpaired) electrons. The topological polar surface area (TPSA) is 52.4 Å². The summed E-state index contributed by atoms with van der Waals surface area (Å²) >= 11 is 4.53. The molecule has 0 aliphatic rings. The van der Waals surface area contributed by atoms with Gasteiger partial charge in [0, 0.05) is 0 Å². The molecule has 1 atom stereocenters. The fourth-order valence-electron chi connectivity index (χ4n) is 1.02. The first kappa shape index (κ1) is 12.5. The van der Waals surface area contributed by atoms with E-state index in [1.54, 1.807) is 12.1 Å². The van der Waals surface area contributed by atoms with E-state index in [0.717, 1.165) is 11.8 Å². The van der Waals surface area contributed by atoms with Gasteiger partial charge >= 0.3 is 105 Å². The molecule has 0 fully saturated rings. The van der Waals surface area contributed by atoms with Crippen LogP contribution in [0.5, 0.6) is 5.75 Å². The van der Waals surface area contributed by atoms with Crippen molar-refractivity contribution in [1.29, 1.82) is 0 Å². The summed E-state index contributed by atoms with van der Waals surface area (Å²) in [4.78, 5) is 10.3. The van der Waals surface area contributed by atoms with Crippen LogP contribution in [-0.2, 0) is 0 Å². The van der Waals surface area contributed by atoms with Crippen molar-refractivity contribution < 1.29 is 9.66 Å². The van der Waals surface area contributed by atoms with Gasteiger partial charge in [0.15, 0.2) is 0 Å². The van der Waals surface area contributed by atoms with Crippen molar-refractivity contribution in [3.05, 3.63) is 28.3 Å². The number of nitrogens with zero attached hydrogens (tertiary/aromatic N) is 1. The van der Waals surface area contributed by atoms with Crippen molar-refractivity contribution in [2.45, 2.75) is 6.42 Å². The maximum absolute atomic E-state index is 10.7. The molecule has 1 aromatic rings. The first-order valence-electron chi connectivity index (χ1n) is 4.38. The fourth-order valence-corrected chi connectivity index (χ4v) is 1.84. The first-order chi connectivity index (χ1) is 7.15. The van der Waals surface area contributed by atoms with Gasteiger partial charge in [0.1, 0.15) is 0 Å². The number of nitro benzene ring substituents is 1. The van der Waals surface area contributed by atoms with Crippen LogP contribution >= 0.6 is 15.9 Å². The third-order valence-corrected chi connectivity index (χ3v) is 3.33. The fraction of sp³-hybridized carbons (Fsp3) is 0.333. The predicted molar refractivity (Wildman–Crippen MR) is 65.2 cm³/mol. The van der Waals surface area contributed by atoms with Crippen molar-refractivity contribution in [2.24, 2.45) is 0 Å². The minimum absolute atomic E-state index is 0.131. The summed E-state index contributed by atoms with van der Waals surface area (Å²) in [5, 5.41) is 11.5. The van der Waals surface area contributed by atoms with Crippen LogP contribution in [0.2, 0.25) is 0 Å². The van der Waals surface area contributed by atoms with Crippen molar-refractivity contribution in [3.63, 3.8) is 0 Å². The quantitative estimate of drug-likeness (QED) is 0.265. The Hall–Kier alpha value is -0.542. The molecule has 15 heavy (non-hydrogen) atoms. The maximum atomic E-state index is 10.7. The van der Waals surface area contributed by atoms with Crippen LogP contribution in [0.25, 0.3) is 0 Å². The van der Waals surface area contributed by atoms with E-state index in [4.69, 9.17) is 4.74 Å². The van der Waals surface area contributed by atoms with E-state index in [-0.39, 0.29) is 10.6 Å². The van der Waals surface area contributed by atoms with Gasteiger partial charge < -0.3 is 0 Å². The number of alkyl halides is 1. The van der Waals surface area contributed by atoms with E-state index in [0.29, 0.717) is 16.7 Å². The summed E-state index contributed by atoms with van der Waals surface area (Å²) in [6.45, 7) is 0.566. The van der Waals surface area contributed by atoms with Gasteiger partial charge in [0.05, 0.1) is 0 Å². The first-order valence-corrected chi connectivity index (χ1v) is 6.71. The van der Waals surface area contributed by atoms with Crippen molar-refractivity contribution in [2.75, 3.05) is 11.9 Å². The molecule has 1 aromatic carbocycles. The molecular formula is C9H11AsBrNO3. The molecule has 6 heteroatoms. The summed E-state index contributed by atoms with van der Waals surface area (Å²) in [5.74, 6) is 0.559. The van der Waals surface area contributed by atoms with Gasteiger partial charge in [-0.1, -0.05) is 0 Å². The number of ether oxygens (including phenoxy) is 1. The number of benzene rings is 1. The number of rotatable bonds is 5. The number of hydrogen-bond acceptors (Lipinski definition) is 3. The van der Waals surface area contributed by atoms with Gasteiger partial charge in [-0.25, -0.2) is 0 Å². The molecule has 0 amide bonds. The van der Waals surface area contributed by atoms with Crippen LogP contribution in [0.3, 0.4) is 0 Å². The summed E-state index contributed by atoms with van der Waals surface area (Å²) in [5.41, 5.74) is 0.131. The third-order valence-electron chi connectivity index (χ3n) is 1.75. The molecule has 1 unspecified atom stereocenters. The second kappa shape index (κ2) is 6.13. The Kier molecular flexibility index (Phi) is 5.12. The van der Waals surface area contributed by atoms with Gasteiger partial charge in [0.25, 0.3) is 0 Å². The Morgan fingerprint density at radius 2 is 2.27 bits per heavy atom. The molecule has 0 N–H and O–H groups in total. The summed E-state index contributed by atoms with van der Waals surface area (Å²) in [6.07, 6.45) is 0.881. The second-order valence-corrected chi connectivity index (χ2v) is 4.97. The van der Waals surface area contributed by atoms with Crippen LogP contribution in [0.1, 0.15) is 6.42 Å². The monoisotopic (exact) mass is 335 g/mol. The zero-order chi connectivity index (χ0) is 11.3. The molecule has 82 valence electrons. The Labute approximate surface area is 105 Å². The number of hydrogen-bond donors (Lipinski definition) is 0. The zero-order valence-corrected chi connectivity index (χ0v) is 12.0. The molecule has 0 aliphatic heterocycles. The molecule has 0 saturated carbocycles. The average Bonchev–Trinajstić information content (AvgIpc) is 2.20. The molecule has 0 saturated heterocycles. The Morgan fingerprint density at radius 1 is 1.53 bits per heavy atom. The zero-order valence-electron chi connectivity index (χ0n) is 7.98. The molecule has 0 aliphatic carbocycles. The molecule has 0 heterocycles. The summed E-state index contributed by atoms with van der Waals surface area (Å²) in [6, 6.07) is 4.96. The van der Waals surface area contributed by atoms with Crippen molar-refractivity contribution >= 4 is 42.8 Å². The average molecular weight is 336 g/mol. The third kappa shape index (κ3) is 3.84. The van der Waals surface area contributed by atoms with E-state index < -0.39 is 0 Å². The minimum atomic E-state index is -0.381. The Morgan fingerprint density at radius 3 is 2.87 bits per heavy atom. The van der Waals surface area contributed by atoms with Crippen LogP contribution in [0.15, 0.2) is 18.2 Å². The molecule has 0 bridgehead atoms. The summed E-state index contributed by atoms with van der Waals surface area (Å²) < 4.78 is 6.07. The predicted octanol–water partition coefficient (Wildman–Crippen LogP) is 1.02. The van der Waals surface area contributed by atoms with Crippen LogP contribution < -0.4 is 9.09 Å². The van der Waals surface area contributed by atoms with Gasteiger partial charge in [-0.2, -0.15) is 0 Å². The van der Waals surface area contributed by atoms with E-state index in [9.17, 15) is 10.1 Å². The van der Waals surface area contributed by atoms with Gasteiger partial charge in [-0.05, 0) is 0 Å². The van der Waals surface area contributed by atoms with Crippen molar-refractivity contribution in [1.82, 2.24) is 0 Å². The molecule has 0 aromatic heterocycles.